The number of likely N-dealkylation sites (N-methyl/N-ethyl adjacent to an activating group) is 1. The Hall–Kier alpha value is -4.10. The molecule has 0 saturated heterocycles. The highest BCUT2D eigenvalue weighted by Gasteiger charge is 2.34. The van der Waals surface area contributed by atoms with Crippen LogP contribution in [0.2, 0.25) is 0 Å². The van der Waals surface area contributed by atoms with Crippen molar-refractivity contribution in [3.8, 4) is 5.69 Å². The van der Waals surface area contributed by atoms with Crippen molar-refractivity contribution < 1.29 is 18.1 Å². The second-order valence-corrected chi connectivity index (χ2v) is 9.18. The van der Waals surface area contributed by atoms with E-state index in [2.05, 4.69) is 15.3 Å². The van der Waals surface area contributed by atoms with E-state index in [4.69, 9.17) is 18.0 Å². The van der Waals surface area contributed by atoms with E-state index in [0.29, 0.717) is 42.2 Å². The molecule has 3 N–H and O–H groups in total. The molecular formula is C25H24F3N7O2S. The molecule has 0 saturated carbocycles. The predicted octanol–water partition coefficient (Wildman–Crippen LogP) is 4.99. The SMILES string of the molecule is Cc1c(CCN(C)Cc2ncc([N+](=O)[O-])cn2)c2cc(NC(N)=S)ccc2n1-c1ccccc1C(F)(F)F. The summed E-state index contributed by atoms with van der Waals surface area (Å²) in [6.07, 6.45) is -1.72. The standard InChI is InChI=1S/C25H24F3N7O2S/c1-15-18(9-10-33(2)14-23-30-12-17(13-31-23)35(36)37)19-11-16(32-24(29)38)7-8-21(19)34(15)22-6-4-3-5-20(22)25(26,27)28/h3-8,11-13H,9-10,14H2,1-2H3,(H3,29,32,38). The number of aromatic nitrogens is 3. The van der Waals surface area contributed by atoms with Crippen LogP contribution in [0.1, 0.15) is 22.6 Å². The van der Waals surface area contributed by atoms with Crippen molar-refractivity contribution in [3.63, 3.8) is 0 Å². The maximum absolute atomic E-state index is 13.9. The summed E-state index contributed by atoms with van der Waals surface area (Å²) >= 11 is 4.95. The predicted molar refractivity (Wildman–Crippen MR) is 142 cm³/mol. The van der Waals surface area contributed by atoms with Crippen molar-refractivity contribution in [1.29, 1.82) is 0 Å². The molecule has 2 heterocycles. The average Bonchev–Trinajstić information content (AvgIpc) is 3.12. The Morgan fingerprint density at radius 1 is 1.21 bits per heavy atom. The summed E-state index contributed by atoms with van der Waals surface area (Å²) in [5.41, 5.74) is 7.52. The van der Waals surface area contributed by atoms with Gasteiger partial charge in [0.2, 0.25) is 0 Å². The first-order valence-electron chi connectivity index (χ1n) is 11.5. The zero-order chi connectivity index (χ0) is 27.6. The molecule has 0 amide bonds. The van der Waals surface area contributed by atoms with Crippen molar-refractivity contribution in [2.75, 3.05) is 18.9 Å². The van der Waals surface area contributed by atoms with Crippen LogP contribution in [0.25, 0.3) is 16.6 Å². The van der Waals surface area contributed by atoms with Crippen LogP contribution in [-0.2, 0) is 19.1 Å². The summed E-state index contributed by atoms with van der Waals surface area (Å²) in [5.74, 6) is 0.416. The minimum absolute atomic E-state index is 0.0384. The molecule has 198 valence electrons. The lowest BCUT2D eigenvalue weighted by Crippen LogP contribution is -2.22. The van der Waals surface area contributed by atoms with Gasteiger partial charge in [0, 0.05) is 23.3 Å². The Morgan fingerprint density at radius 3 is 2.53 bits per heavy atom. The largest absolute Gasteiger partial charge is 0.418 e. The van der Waals surface area contributed by atoms with E-state index in [1.807, 2.05) is 18.0 Å². The number of nitrogens with one attached hydrogen (secondary N) is 1. The molecule has 0 aliphatic rings. The number of rotatable bonds is 8. The van der Waals surface area contributed by atoms with Crippen molar-refractivity contribution in [2.45, 2.75) is 26.1 Å². The molecular weight excluding hydrogens is 519 g/mol. The average molecular weight is 544 g/mol. The van der Waals surface area contributed by atoms with Crippen LogP contribution < -0.4 is 11.1 Å². The van der Waals surface area contributed by atoms with Gasteiger partial charge in [0.25, 0.3) is 0 Å². The summed E-state index contributed by atoms with van der Waals surface area (Å²) in [6, 6.07) is 10.8. The molecule has 4 rings (SSSR count). The first-order valence-corrected chi connectivity index (χ1v) is 11.9. The van der Waals surface area contributed by atoms with Gasteiger partial charge in [-0.05, 0) is 68.5 Å². The van der Waals surface area contributed by atoms with Crippen LogP contribution in [0.15, 0.2) is 54.9 Å². The normalized spacial score (nSPS) is 11.7. The Labute approximate surface area is 221 Å². The lowest BCUT2D eigenvalue weighted by atomic mass is 10.1. The van der Waals surface area contributed by atoms with Gasteiger partial charge >= 0.3 is 11.9 Å². The number of nitrogens with zero attached hydrogens (tertiary/aromatic N) is 5. The fraction of sp³-hybridized carbons (Fsp3) is 0.240. The number of para-hydroxylation sites is 1. The third kappa shape index (κ3) is 5.73. The second-order valence-electron chi connectivity index (χ2n) is 8.74. The smallest absolute Gasteiger partial charge is 0.376 e. The summed E-state index contributed by atoms with van der Waals surface area (Å²) < 4.78 is 43.3. The molecule has 38 heavy (non-hydrogen) atoms. The maximum Gasteiger partial charge on any atom is 0.418 e. The van der Waals surface area contributed by atoms with Gasteiger partial charge < -0.3 is 15.6 Å². The number of hydrogen-bond donors (Lipinski definition) is 2. The zero-order valence-electron chi connectivity index (χ0n) is 20.5. The minimum atomic E-state index is -4.53. The molecule has 0 radical (unpaired) electrons. The topological polar surface area (TPSA) is 115 Å². The van der Waals surface area contributed by atoms with E-state index in [0.717, 1.165) is 29.4 Å². The van der Waals surface area contributed by atoms with Crippen molar-refractivity contribution in [2.24, 2.45) is 5.73 Å². The number of fused-ring (bicyclic) bond motifs is 1. The third-order valence-corrected chi connectivity index (χ3v) is 6.21. The van der Waals surface area contributed by atoms with E-state index < -0.39 is 16.7 Å². The number of thiocarbonyl (C=S) groups is 1. The summed E-state index contributed by atoms with van der Waals surface area (Å²) in [4.78, 5) is 20.3. The van der Waals surface area contributed by atoms with Crippen LogP contribution >= 0.6 is 12.2 Å². The van der Waals surface area contributed by atoms with Gasteiger partial charge in [-0.15, -0.1) is 0 Å². The number of alkyl halides is 3. The third-order valence-electron chi connectivity index (χ3n) is 6.11. The van der Waals surface area contributed by atoms with Gasteiger partial charge in [0.1, 0.15) is 18.2 Å². The highest BCUT2D eigenvalue weighted by Crippen LogP contribution is 2.38. The molecule has 0 fully saturated rings. The summed E-state index contributed by atoms with van der Waals surface area (Å²) in [6.45, 7) is 2.65. The number of benzene rings is 2. The second kappa shape index (κ2) is 10.7. The molecule has 0 bridgehead atoms. The monoisotopic (exact) mass is 543 g/mol. The van der Waals surface area contributed by atoms with Gasteiger partial charge in [0.05, 0.1) is 28.2 Å². The van der Waals surface area contributed by atoms with E-state index in [1.54, 1.807) is 29.7 Å². The molecule has 4 aromatic rings. The first-order chi connectivity index (χ1) is 18.0. The summed E-state index contributed by atoms with van der Waals surface area (Å²) in [5, 5.41) is 14.6. The van der Waals surface area contributed by atoms with Crippen molar-refractivity contribution in [3.05, 3.63) is 87.6 Å². The maximum atomic E-state index is 13.9. The van der Waals surface area contributed by atoms with Gasteiger partial charge in [0.15, 0.2) is 5.11 Å². The molecule has 2 aromatic carbocycles. The fourth-order valence-electron chi connectivity index (χ4n) is 4.38. The Morgan fingerprint density at radius 2 is 1.89 bits per heavy atom. The van der Waals surface area contributed by atoms with Crippen LogP contribution in [-0.4, -0.2) is 43.1 Å². The molecule has 2 aromatic heterocycles. The van der Waals surface area contributed by atoms with Crippen molar-refractivity contribution in [1.82, 2.24) is 19.4 Å². The summed E-state index contributed by atoms with van der Waals surface area (Å²) in [7, 11) is 1.85. The van der Waals surface area contributed by atoms with E-state index >= 15 is 0 Å². The number of nitro groups is 1. The molecule has 0 spiro atoms. The highest BCUT2D eigenvalue weighted by atomic mass is 32.1. The number of nitrogens with two attached hydrogens (primary N) is 1. The Kier molecular flexibility index (Phi) is 7.60. The number of halogens is 3. The van der Waals surface area contributed by atoms with E-state index in [-0.39, 0.29) is 16.5 Å². The van der Waals surface area contributed by atoms with Crippen LogP contribution in [0, 0.1) is 17.0 Å². The van der Waals surface area contributed by atoms with Crippen LogP contribution in [0.4, 0.5) is 24.5 Å². The Balaban J connectivity index is 1.71. The van der Waals surface area contributed by atoms with Crippen molar-refractivity contribution >= 4 is 39.6 Å². The van der Waals surface area contributed by atoms with E-state index in [1.165, 1.54) is 12.1 Å². The van der Waals surface area contributed by atoms with Gasteiger partial charge in [-0.25, -0.2) is 9.97 Å². The first kappa shape index (κ1) is 26.9. The molecule has 0 unspecified atom stereocenters. The Bertz CT molecular complexity index is 1500. The van der Waals surface area contributed by atoms with Crippen LogP contribution in [0.5, 0.6) is 0 Å². The number of anilines is 1. The van der Waals surface area contributed by atoms with Gasteiger partial charge in [-0.2, -0.15) is 13.2 Å². The van der Waals surface area contributed by atoms with E-state index in [9.17, 15) is 23.3 Å². The molecule has 0 atom stereocenters. The number of hydrogen-bond acceptors (Lipinski definition) is 6. The van der Waals surface area contributed by atoms with Gasteiger partial charge in [-0.1, -0.05) is 12.1 Å². The highest BCUT2D eigenvalue weighted by molar-refractivity contribution is 7.80. The molecule has 0 aliphatic heterocycles. The quantitative estimate of drug-likeness (QED) is 0.182. The van der Waals surface area contributed by atoms with Crippen LogP contribution in [0.3, 0.4) is 0 Å². The zero-order valence-corrected chi connectivity index (χ0v) is 21.3. The minimum Gasteiger partial charge on any atom is -0.376 e. The lowest BCUT2D eigenvalue weighted by Gasteiger charge is -2.17. The molecule has 9 nitrogen and oxygen atoms in total. The molecule has 0 aliphatic carbocycles. The molecule has 13 heteroatoms. The lowest BCUT2D eigenvalue weighted by molar-refractivity contribution is -0.385. The fourth-order valence-corrected chi connectivity index (χ4v) is 4.50. The van der Waals surface area contributed by atoms with Gasteiger partial charge in [-0.3, -0.25) is 15.0 Å².